The number of halogens is 1. The average Bonchev–Trinajstić information content (AvgIpc) is 3.03. The molecule has 3 amide bonds. The van der Waals surface area contributed by atoms with Crippen molar-refractivity contribution in [2.45, 2.75) is 13.3 Å². The zero-order valence-corrected chi connectivity index (χ0v) is 18.7. The predicted molar refractivity (Wildman–Crippen MR) is 129 cm³/mol. The lowest BCUT2D eigenvalue weighted by Gasteiger charge is -2.17. The molecule has 0 radical (unpaired) electrons. The van der Waals surface area contributed by atoms with E-state index in [1.54, 1.807) is 36.4 Å². The number of carbonyl (C=O) groups is 3. The highest BCUT2D eigenvalue weighted by Gasteiger charge is 2.39. The van der Waals surface area contributed by atoms with Gasteiger partial charge in [0.05, 0.1) is 5.69 Å². The van der Waals surface area contributed by atoms with Gasteiger partial charge in [-0.15, -0.1) is 0 Å². The molecular weight excluding hydrogens is 438 g/mol. The van der Waals surface area contributed by atoms with Crippen LogP contribution in [0.15, 0.2) is 89.6 Å². The molecule has 0 aromatic heterocycles. The number of para-hydroxylation sites is 1. The third-order valence-electron chi connectivity index (χ3n) is 5.32. The van der Waals surface area contributed by atoms with Gasteiger partial charge in [0.2, 0.25) is 0 Å². The van der Waals surface area contributed by atoms with E-state index in [0.717, 1.165) is 22.4 Å². The van der Waals surface area contributed by atoms with Gasteiger partial charge in [-0.3, -0.25) is 14.4 Å². The van der Waals surface area contributed by atoms with Crippen molar-refractivity contribution < 1.29 is 14.4 Å². The molecule has 0 aliphatic carbocycles. The molecule has 4 rings (SSSR count). The second-order valence-corrected chi connectivity index (χ2v) is 8.00. The molecule has 7 heteroatoms. The summed E-state index contributed by atoms with van der Waals surface area (Å²) in [5, 5.41) is 5.62. The summed E-state index contributed by atoms with van der Waals surface area (Å²) < 4.78 is 0. The summed E-state index contributed by atoms with van der Waals surface area (Å²) in [6.45, 7) is 2.31. The van der Waals surface area contributed by atoms with Crippen LogP contribution in [0, 0.1) is 6.92 Å². The van der Waals surface area contributed by atoms with Crippen molar-refractivity contribution in [1.82, 2.24) is 5.32 Å². The second-order valence-electron chi connectivity index (χ2n) is 7.62. The zero-order valence-electron chi connectivity index (χ0n) is 18.0. The van der Waals surface area contributed by atoms with E-state index in [0.29, 0.717) is 23.5 Å². The van der Waals surface area contributed by atoms with Gasteiger partial charge >= 0.3 is 0 Å². The highest BCUT2D eigenvalue weighted by atomic mass is 35.5. The molecule has 0 bridgehead atoms. The Morgan fingerprint density at radius 3 is 2.39 bits per heavy atom. The quantitative estimate of drug-likeness (QED) is 0.513. The number of benzene rings is 3. The molecule has 1 aliphatic rings. The van der Waals surface area contributed by atoms with Crippen LogP contribution in [0.2, 0.25) is 0 Å². The molecule has 33 heavy (non-hydrogen) atoms. The van der Waals surface area contributed by atoms with Crippen LogP contribution in [0.1, 0.15) is 21.5 Å². The minimum Gasteiger partial charge on any atom is -0.352 e. The number of hydrogen-bond donors (Lipinski definition) is 2. The van der Waals surface area contributed by atoms with Gasteiger partial charge in [-0.1, -0.05) is 66.2 Å². The lowest BCUT2D eigenvalue weighted by Crippen LogP contribution is -2.32. The SMILES string of the molecule is Cc1ccccc1N1C(=O)C(Cl)=C(Nc2cccc(C(=O)NCCc3ccccc3)c2)C1=O. The standard InChI is InChI=1S/C26H22ClN3O3/c1-17-8-5-6-13-21(17)30-25(32)22(27)23(26(30)33)29-20-12-7-11-19(16-20)24(31)28-15-14-18-9-3-2-4-10-18/h2-13,16,29H,14-15H2,1H3,(H,28,31). The molecule has 3 aromatic rings. The Labute approximate surface area is 196 Å². The number of imide groups is 1. The molecule has 0 saturated carbocycles. The van der Waals surface area contributed by atoms with Crippen molar-refractivity contribution >= 4 is 40.7 Å². The Balaban J connectivity index is 1.45. The van der Waals surface area contributed by atoms with Crippen molar-refractivity contribution in [3.63, 3.8) is 0 Å². The summed E-state index contributed by atoms with van der Waals surface area (Å²) in [5.41, 5.74) is 3.28. The number of nitrogens with zero attached hydrogens (tertiary/aromatic N) is 1. The van der Waals surface area contributed by atoms with Crippen LogP contribution < -0.4 is 15.5 Å². The van der Waals surface area contributed by atoms with E-state index in [4.69, 9.17) is 11.6 Å². The Bertz CT molecular complexity index is 1250. The first-order chi connectivity index (χ1) is 16.0. The molecule has 0 spiro atoms. The first-order valence-electron chi connectivity index (χ1n) is 10.5. The summed E-state index contributed by atoms with van der Waals surface area (Å²) in [4.78, 5) is 39.3. The summed E-state index contributed by atoms with van der Waals surface area (Å²) in [6, 6.07) is 23.7. The summed E-state index contributed by atoms with van der Waals surface area (Å²) in [5.74, 6) is -1.37. The largest absolute Gasteiger partial charge is 0.352 e. The number of aryl methyl sites for hydroxylation is 1. The maximum absolute atomic E-state index is 13.0. The van der Waals surface area contributed by atoms with Gasteiger partial charge < -0.3 is 10.6 Å². The normalized spacial score (nSPS) is 13.5. The van der Waals surface area contributed by atoms with Crippen molar-refractivity contribution in [1.29, 1.82) is 0 Å². The Morgan fingerprint density at radius 2 is 1.64 bits per heavy atom. The summed E-state index contributed by atoms with van der Waals surface area (Å²) in [7, 11) is 0. The van der Waals surface area contributed by atoms with Crippen molar-refractivity contribution in [3.8, 4) is 0 Å². The van der Waals surface area contributed by atoms with Gasteiger partial charge in [-0.2, -0.15) is 0 Å². The molecule has 2 N–H and O–H groups in total. The average molecular weight is 460 g/mol. The molecule has 0 fully saturated rings. The fourth-order valence-electron chi connectivity index (χ4n) is 3.59. The lowest BCUT2D eigenvalue weighted by atomic mass is 10.1. The smallest absolute Gasteiger partial charge is 0.283 e. The zero-order chi connectivity index (χ0) is 23.4. The van der Waals surface area contributed by atoms with Crippen LogP contribution in [-0.2, 0) is 16.0 Å². The van der Waals surface area contributed by atoms with Crippen LogP contribution in [0.25, 0.3) is 0 Å². The lowest BCUT2D eigenvalue weighted by molar-refractivity contribution is -0.120. The van der Waals surface area contributed by atoms with Gasteiger partial charge in [-0.25, -0.2) is 4.90 Å². The van der Waals surface area contributed by atoms with Gasteiger partial charge in [0, 0.05) is 17.8 Å². The van der Waals surface area contributed by atoms with Crippen molar-refractivity contribution in [2.24, 2.45) is 0 Å². The minimum atomic E-state index is -0.590. The van der Waals surface area contributed by atoms with E-state index in [1.807, 2.05) is 49.4 Å². The van der Waals surface area contributed by atoms with Crippen molar-refractivity contribution in [2.75, 3.05) is 16.8 Å². The van der Waals surface area contributed by atoms with E-state index in [1.165, 1.54) is 0 Å². The van der Waals surface area contributed by atoms with Gasteiger partial charge in [-0.05, 0) is 48.7 Å². The highest BCUT2D eigenvalue weighted by Crippen LogP contribution is 2.31. The molecule has 0 unspecified atom stereocenters. The Morgan fingerprint density at radius 1 is 0.909 bits per heavy atom. The topological polar surface area (TPSA) is 78.5 Å². The number of anilines is 2. The molecule has 1 heterocycles. The highest BCUT2D eigenvalue weighted by molar-refractivity contribution is 6.53. The van der Waals surface area contributed by atoms with Crippen LogP contribution in [-0.4, -0.2) is 24.3 Å². The number of hydrogen-bond acceptors (Lipinski definition) is 4. The fourth-order valence-corrected chi connectivity index (χ4v) is 3.81. The Hall–Kier alpha value is -3.90. The first-order valence-corrected chi connectivity index (χ1v) is 10.9. The molecule has 166 valence electrons. The maximum atomic E-state index is 13.0. The van der Waals surface area contributed by atoms with E-state index >= 15 is 0 Å². The minimum absolute atomic E-state index is 0.0217. The molecule has 0 saturated heterocycles. The second kappa shape index (κ2) is 9.71. The predicted octanol–water partition coefficient (Wildman–Crippen LogP) is 4.40. The molecule has 0 atom stereocenters. The van der Waals surface area contributed by atoms with E-state index < -0.39 is 11.8 Å². The number of carbonyl (C=O) groups excluding carboxylic acids is 3. The summed E-state index contributed by atoms with van der Waals surface area (Å²) in [6.07, 6.45) is 0.721. The first kappa shape index (κ1) is 22.3. The molecule has 6 nitrogen and oxygen atoms in total. The van der Waals surface area contributed by atoms with Crippen molar-refractivity contribution in [3.05, 3.63) is 106 Å². The molecular formula is C26H22ClN3O3. The van der Waals surface area contributed by atoms with Crippen LogP contribution in [0.4, 0.5) is 11.4 Å². The van der Waals surface area contributed by atoms with E-state index in [2.05, 4.69) is 10.6 Å². The maximum Gasteiger partial charge on any atom is 0.283 e. The van der Waals surface area contributed by atoms with E-state index in [-0.39, 0.29) is 16.6 Å². The van der Waals surface area contributed by atoms with Gasteiger partial charge in [0.1, 0.15) is 10.7 Å². The monoisotopic (exact) mass is 459 g/mol. The number of nitrogens with one attached hydrogen (secondary N) is 2. The number of amides is 3. The van der Waals surface area contributed by atoms with Crippen LogP contribution >= 0.6 is 11.6 Å². The summed E-state index contributed by atoms with van der Waals surface area (Å²) >= 11 is 6.23. The molecule has 3 aromatic carbocycles. The fraction of sp³-hybridized carbons (Fsp3) is 0.115. The van der Waals surface area contributed by atoms with Gasteiger partial charge in [0.25, 0.3) is 17.7 Å². The third-order valence-corrected chi connectivity index (χ3v) is 5.67. The third kappa shape index (κ3) is 4.81. The Kier molecular flexibility index (Phi) is 6.56. The molecule has 1 aliphatic heterocycles. The van der Waals surface area contributed by atoms with Gasteiger partial charge in [0.15, 0.2) is 0 Å². The van der Waals surface area contributed by atoms with Crippen LogP contribution in [0.3, 0.4) is 0 Å². The van der Waals surface area contributed by atoms with Crippen LogP contribution in [0.5, 0.6) is 0 Å². The van der Waals surface area contributed by atoms with E-state index in [9.17, 15) is 14.4 Å². The number of rotatable bonds is 7.